The Morgan fingerprint density at radius 3 is 2.63 bits per heavy atom. The normalized spacial score (nSPS) is 16.9. The number of methoxy groups -OCH3 is 1. The van der Waals surface area contributed by atoms with Crippen LogP contribution in [-0.2, 0) is 9.59 Å². The Kier molecular flexibility index (Phi) is 6.37. The monoisotopic (exact) mass is 530 g/mol. The minimum absolute atomic E-state index is 0.0704. The second-order valence-corrected chi connectivity index (χ2v) is 9.98. The summed E-state index contributed by atoms with van der Waals surface area (Å²) in [5, 5.41) is 22.8. The Hall–Kier alpha value is -4.64. The molecule has 2 aromatic heterocycles. The van der Waals surface area contributed by atoms with E-state index in [4.69, 9.17) is 4.74 Å². The van der Waals surface area contributed by atoms with Crippen molar-refractivity contribution in [1.29, 1.82) is 0 Å². The van der Waals surface area contributed by atoms with E-state index >= 15 is 0 Å². The van der Waals surface area contributed by atoms with Crippen LogP contribution < -0.4 is 9.64 Å². The number of rotatable bonds is 6. The molecule has 1 N–H and O–H groups in total. The quantitative estimate of drug-likeness (QED) is 0.116. The molecule has 10 nitrogen and oxygen atoms in total. The molecule has 0 spiro atoms. The zero-order chi connectivity index (χ0) is 27.1. The van der Waals surface area contributed by atoms with Crippen LogP contribution in [0.15, 0.2) is 66.5 Å². The van der Waals surface area contributed by atoms with Crippen molar-refractivity contribution in [1.82, 2.24) is 9.97 Å². The number of fused-ring (bicyclic) bond motifs is 1. The summed E-state index contributed by atoms with van der Waals surface area (Å²) in [6.45, 7) is 3.96. The molecule has 11 heteroatoms. The van der Waals surface area contributed by atoms with Crippen LogP contribution >= 0.6 is 11.3 Å². The summed E-state index contributed by atoms with van der Waals surface area (Å²) in [5.41, 5.74) is 1.92. The molecule has 192 valence electrons. The highest BCUT2D eigenvalue weighted by molar-refractivity contribution is 7.22. The third-order valence-electron chi connectivity index (χ3n) is 6.35. The van der Waals surface area contributed by atoms with Gasteiger partial charge in [-0.05, 0) is 47.4 Å². The topological polar surface area (TPSA) is 136 Å². The summed E-state index contributed by atoms with van der Waals surface area (Å²) in [6.07, 6.45) is 3.08. The van der Waals surface area contributed by atoms with Gasteiger partial charge in [-0.25, -0.2) is 4.98 Å². The molecular formula is C27H22N4O6S. The Balaban J connectivity index is 1.70. The van der Waals surface area contributed by atoms with Gasteiger partial charge in [0.25, 0.3) is 11.5 Å². The number of carbonyl (C=O) groups excluding carboxylic acids is 2. The number of anilines is 1. The van der Waals surface area contributed by atoms with Crippen LogP contribution in [0.4, 0.5) is 10.8 Å². The number of nitro benzene ring substituents is 1. The first kappa shape index (κ1) is 25.0. The van der Waals surface area contributed by atoms with Gasteiger partial charge in [0, 0.05) is 30.1 Å². The molecule has 1 unspecified atom stereocenters. The second-order valence-electron chi connectivity index (χ2n) is 8.97. The van der Waals surface area contributed by atoms with Crippen LogP contribution in [0.25, 0.3) is 16.0 Å². The number of pyridine rings is 1. The van der Waals surface area contributed by atoms with E-state index in [9.17, 15) is 24.8 Å². The van der Waals surface area contributed by atoms with Crippen LogP contribution in [0.3, 0.4) is 0 Å². The van der Waals surface area contributed by atoms with Crippen molar-refractivity contribution in [3.63, 3.8) is 0 Å². The van der Waals surface area contributed by atoms with Crippen LogP contribution in [0, 0.1) is 10.1 Å². The average molecular weight is 531 g/mol. The molecular weight excluding hydrogens is 508 g/mol. The van der Waals surface area contributed by atoms with E-state index in [0.29, 0.717) is 27.1 Å². The Morgan fingerprint density at radius 1 is 1.18 bits per heavy atom. The van der Waals surface area contributed by atoms with Gasteiger partial charge < -0.3 is 9.84 Å². The van der Waals surface area contributed by atoms with Gasteiger partial charge in [-0.15, -0.1) is 0 Å². The number of aliphatic hydroxyl groups is 1. The predicted octanol–water partition coefficient (Wildman–Crippen LogP) is 5.36. The Bertz CT molecular complexity index is 1630. The lowest BCUT2D eigenvalue weighted by atomic mass is 9.94. The number of hydrogen-bond donors (Lipinski definition) is 1. The summed E-state index contributed by atoms with van der Waals surface area (Å²) in [7, 11) is 1.56. The van der Waals surface area contributed by atoms with E-state index in [1.165, 1.54) is 29.3 Å². The SMILES string of the molecule is COc1ccc(/C(O)=C2\C(=O)C(=O)N(c3nc4ccc([N+](=O)[O-])cc4s3)C2c2cccnc2)cc1C(C)C. The second kappa shape index (κ2) is 9.67. The number of aromatic nitrogens is 2. The van der Waals surface area contributed by atoms with Gasteiger partial charge in [0.1, 0.15) is 11.5 Å². The van der Waals surface area contributed by atoms with Crippen molar-refractivity contribution >= 4 is 49.8 Å². The number of ketones is 1. The number of nitro groups is 1. The molecule has 0 aliphatic carbocycles. The summed E-state index contributed by atoms with van der Waals surface area (Å²) in [6, 6.07) is 11.6. The highest BCUT2D eigenvalue weighted by atomic mass is 32.1. The molecule has 1 atom stereocenters. The zero-order valence-corrected chi connectivity index (χ0v) is 21.4. The smallest absolute Gasteiger partial charge is 0.301 e. The van der Waals surface area contributed by atoms with Gasteiger partial charge in [-0.3, -0.25) is 29.6 Å². The maximum atomic E-state index is 13.4. The van der Waals surface area contributed by atoms with Crippen molar-refractivity contribution in [3.8, 4) is 5.75 Å². The number of nitrogens with zero attached hydrogens (tertiary/aromatic N) is 4. The molecule has 0 radical (unpaired) electrons. The molecule has 1 amide bonds. The molecule has 1 fully saturated rings. The van der Waals surface area contributed by atoms with Gasteiger partial charge in [-0.1, -0.05) is 31.3 Å². The number of aliphatic hydroxyl groups excluding tert-OH is 1. The number of amides is 1. The third-order valence-corrected chi connectivity index (χ3v) is 7.36. The minimum Gasteiger partial charge on any atom is -0.507 e. The standard InChI is InChI=1S/C27H22N4O6S/c1-14(2)18-11-15(6-9-20(18)37-3)24(32)22-23(16-5-4-10-28-13-16)30(26(34)25(22)33)27-29-19-8-7-17(31(35)36)12-21(19)38-27/h4-14,23,32H,1-3H3/b24-22+. The summed E-state index contributed by atoms with van der Waals surface area (Å²) in [5.74, 6) is -1.36. The van der Waals surface area contributed by atoms with Crippen molar-refractivity contribution < 1.29 is 24.4 Å². The van der Waals surface area contributed by atoms with Crippen LogP contribution in [0.5, 0.6) is 5.75 Å². The zero-order valence-electron chi connectivity index (χ0n) is 20.6. The predicted molar refractivity (Wildman–Crippen MR) is 142 cm³/mol. The molecule has 1 aliphatic rings. The van der Waals surface area contributed by atoms with E-state index in [1.54, 1.807) is 43.6 Å². The van der Waals surface area contributed by atoms with Crippen LogP contribution in [0.1, 0.15) is 42.5 Å². The molecule has 5 rings (SSSR count). The Labute approximate surface area is 221 Å². The number of benzene rings is 2. The number of hydrogen-bond acceptors (Lipinski definition) is 9. The van der Waals surface area contributed by atoms with Crippen molar-refractivity contribution in [2.45, 2.75) is 25.8 Å². The van der Waals surface area contributed by atoms with Crippen LogP contribution in [-0.4, -0.2) is 38.8 Å². The maximum absolute atomic E-state index is 13.4. The number of non-ortho nitro benzene ring substituents is 1. The van der Waals surface area contributed by atoms with E-state index in [0.717, 1.165) is 16.9 Å². The van der Waals surface area contributed by atoms with Gasteiger partial charge in [0.05, 0.1) is 33.9 Å². The first-order chi connectivity index (χ1) is 18.2. The van der Waals surface area contributed by atoms with Crippen molar-refractivity contribution in [2.75, 3.05) is 12.0 Å². The fourth-order valence-electron chi connectivity index (χ4n) is 4.49. The molecule has 0 bridgehead atoms. The van der Waals surface area contributed by atoms with Gasteiger partial charge in [-0.2, -0.15) is 0 Å². The highest BCUT2D eigenvalue weighted by Crippen LogP contribution is 2.45. The van der Waals surface area contributed by atoms with E-state index in [-0.39, 0.29) is 28.1 Å². The van der Waals surface area contributed by atoms with Crippen molar-refractivity contribution in [2.24, 2.45) is 0 Å². The lowest BCUT2D eigenvalue weighted by molar-refractivity contribution is -0.384. The lowest BCUT2D eigenvalue weighted by Crippen LogP contribution is -2.29. The number of Topliss-reactive ketones (excluding diaryl/α,β-unsaturated/α-hetero) is 1. The molecule has 2 aromatic carbocycles. The number of thiazole rings is 1. The highest BCUT2D eigenvalue weighted by Gasteiger charge is 2.48. The van der Waals surface area contributed by atoms with Crippen LogP contribution in [0.2, 0.25) is 0 Å². The lowest BCUT2D eigenvalue weighted by Gasteiger charge is -2.22. The Morgan fingerprint density at radius 2 is 1.97 bits per heavy atom. The minimum atomic E-state index is -1.01. The van der Waals surface area contributed by atoms with E-state index < -0.39 is 22.7 Å². The fraction of sp³-hybridized carbons (Fsp3) is 0.185. The molecule has 38 heavy (non-hydrogen) atoms. The summed E-state index contributed by atoms with van der Waals surface area (Å²) < 4.78 is 5.92. The van der Waals surface area contributed by atoms with Gasteiger partial charge >= 0.3 is 5.91 Å². The molecule has 0 saturated carbocycles. The summed E-state index contributed by atoms with van der Waals surface area (Å²) in [4.78, 5) is 47.4. The molecule has 1 saturated heterocycles. The summed E-state index contributed by atoms with van der Waals surface area (Å²) >= 11 is 1.05. The average Bonchev–Trinajstić information content (AvgIpc) is 3.45. The van der Waals surface area contributed by atoms with E-state index in [2.05, 4.69) is 9.97 Å². The number of carbonyl (C=O) groups is 2. The van der Waals surface area contributed by atoms with Crippen molar-refractivity contribution in [3.05, 3.63) is 93.3 Å². The molecule has 4 aromatic rings. The number of ether oxygens (including phenoxy) is 1. The third kappa shape index (κ3) is 4.16. The fourth-order valence-corrected chi connectivity index (χ4v) is 5.51. The molecule has 1 aliphatic heterocycles. The first-order valence-electron chi connectivity index (χ1n) is 11.7. The van der Waals surface area contributed by atoms with Gasteiger partial charge in [0.2, 0.25) is 0 Å². The first-order valence-corrected chi connectivity index (χ1v) is 12.5. The maximum Gasteiger partial charge on any atom is 0.301 e. The molecule has 3 heterocycles. The largest absolute Gasteiger partial charge is 0.507 e. The van der Waals surface area contributed by atoms with Gasteiger partial charge in [0.15, 0.2) is 5.13 Å². The van der Waals surface area contributed by atoms with E-state index in [1.807, 2.05) is 13.8 Å².